The largest absolute Gasteiger partial charge is 0.455 e. The molecule has 0 aliphatic rings. The molecule has 0 bridgehead atoms. The molecule has 1 aromatic carbocycles. The fraction of sp³-hybridized carbons (Fsp3) is 0.190. The number of pyridine rings is 1. The van der Waals surface area contributed by atoms with Crippen LogP contribution < -0.4 is 10.6 Å². The quantitative estimate of drug-likeness (QED) is 0.327. The van der Waals surface area contributed by atoms with E-state index in [1.807, 2.05) is 0 Å². The Morgan fingerprint density at radius 1 is 1.11 bits per heavy atom. The molecule has 0 saturated carbocycles. The van der Waals surface area contributed by atoms with Crippen LogP contribution in [0.2, 0.25) is 0 Å². The molecule has 0 aliphatic carbocycles. The molecule has 0 aliphatic heterocycles. The van der Waals surface area contributed by atoms with Crippen LogP contribution >= 0.6 is 31.9 Å². The minimum absolute atomic E-state index is 0.00395. The van der Waals surface area contributed by atoms with Gasteiger partial charge in [0.2, 0.25) is 0 Å². The van der Waals surface area contributed by atoms with E-state index in [4.69, 9.17) is 0 Å². The Morgan fingerprint density at radius 2 is 1.86 bits per heavy atom. The van der Waals surface area contributed by atoms with Crippen LogP contribution in [0.4, 0.5) is 18.9 Å². The van der Waals surface area contributed by atoms with Crippen molar-refractivity contribution in [2.45, 2.75) is 19.6 Å². The van der Waals surface area contributed by atoms with Gasteiger partial charge in [0.15, 0.2) is 5.82 Å². The van der Waals surface area contributed by atoms with Crippen molar-refractivity contribution in [2.75, 3.05) is 12.4 Å². The molecule has 0 radical (unpaired) electrons. The highest BCUT2D eigenvalue weighted by Crippen LogP contribution is 2.28. The van der Waals surface area contributed by atoms with Gasteiger partial charge in [0.25, 0.3) is 17.6 Å². The third kappa shape index (κ3) is 5.69. The maximum Gasteiger partial charge on any atom is 0.455 e. The summed E-state index contributed by atoms with van der Waals surface area (Å²) >= 11 is 6.71. The van der Waals surface area contributed by atoms with Crippen molar-refractivity contribution in [3.05, 3.63) is 73.8 Å². The van der Waals surface area contributed by atoms with Crippen LogP contribution in [-0.2, 0) is 12.7 Å². The third-order valence-corrected chi connectivity index (χ3v) is 6.03. The lowest BCUT2D eigenvalue weighted by molar-refractivity contribution is -0.145. The van der Waals surface area contributed by atoms with Crippen LogP contribution in [0.25, 0.3) is 5.82 Å². The summed E-state index contributed by atoms with van der Waals surface area (Å²) in [6, 6.07) is 8.00. The molecule has 16 heteroatoms. The van der Waals surface area contributed by atoms with Crippen LogP contribution in [0.1, 0.15) is 37.9 Å². The van der Waals surface area contributed by atoms with Gasteiger partial charge in [0.05, 0.1) is 21.4 Å². The van der Waals surface area contributed by atoms with Crippen LogP contribution in [0.15, 0.2) is 45.5 Å². The lowest BCUT2D eigenvalue weighted by atomic mass is 10.1. The number of hydrogen-bond acceptors (Lipinski definition) is 7. The van der Waals surface area contributed by atoms with Crippen molar-refractivity contribution in [3.63, 3.8) is 0 Å². The molecular weight excluding hydrogens is 627 g/mol. The van der Waals surface area contributed by atoms with Crippen LogP contribution in [0.5, 0.6) is 0 Å². The minimum Gasteiger partial charge on any atom is -0.355 e. The monoisotopic (exact) mass is 641 g/mol. The van der Waals surface area contributed by atoms with Gasteiger partial charge in [-0.25, -0.2) is 9.67 Å². The van der Waals surface area contributed by atoms with Gasteiger partial charge in [0, 0.05) is 17.7 Å². The zero-order valence-electron chi connectivity index (χ0n) is 19.0. The highest BCUT2D eigenvalue weighted by molar-refractivity contribution is 9.10. The van der Waals surface area contributed by atoms with E-state index in [1.54, 1.807) is 31.2 Å². The number of amides is 2. The molecule has 4 rings (SSSR count). The van der Waals surface area contributed by atoms with E-state index in [-0.39, 0.29) is 35.0 Å². The van der Waals surface area contributed by atoms with Crippen molar-refractivity contribution >= 4 is 49.4 Å². The van der Waals surface area contributed by atoms with Crippen LogP contribution in [0, 0.1) is 6.92 Å². The molecule has 3 heterocycles. The maximum absolute atomic E-state index is 13.5. The number of carbonyl (C=O) groups is 2. The number of benzene rings is 1. The van der Waals surface area contributed by atoms with E-state index in [0.29, 0.717) is 19.3 Å². The fourth-order valence-electron chi connectivity index (χ4n) is 3.33. The molecule has 0 atom stereocenters. The number of hydrogen-bond donors (Lipinski definition) is 2. The van der Waals surface area contributed by atoms with E-state index in [0.717, 1.165) is 0 Å². The summed E-state index contributed by atoms with van der Waals surface area (Å²) in [6.45, 7) is 1.42. The second-order valence-electron chi connectivity index (χ2n) is 7.56. The standard InChI is InChI=1S/C21H16Br2F3N9O2/c1-10-6-11(22)7-13(18(36)27-2)16(10)29-19(37)15-8-12(9-34-32-20(30-33-34)21(24,25)26)31-35(15)17-14(23)4-3-5-28-17/h3-8H,9H2,1-2H3,(H,27,36)(H,29,37). The highest BCUT2D eigenvalue weighted by Gasteiger charge is 2.37. The number of aromatic nitrogens is 7. The number of aryl methyl sites for hydroxylation is 1. The average molecular weight is 643 g/mol. The first-order chi connectivity index (χ1) is 17.5. The number of nitrogens with zero attached hydrogens (tertiary/aromatic N) is 7. The topological polar surface area (TPSA) is 133 Å². The summed E-state index contributed by atoms with van der Waals surface area (Å²) in [4.78, 5) is 30.9. The van der Waals surface area contributed by atoms with Gasteiger partial charge in [-0.2, -0.15) is 23.1 Å². The Morgan fingerprint density at radius 3 is 2.51 bits per heavy atom. The third-order valence-electron chi connectivity index (χ3n) is 4.95. The molecule has 0 saturated heterocycles. The summed E-state index contributed by atoms with van der Waals surface area (Å²) in [5.74, 6) is -2.21. The van der Waals surface area contributed by atoms with Gasteiger partial charge < -0.3 is 10.6 Å². The zero-order chi connectivity index (χ0) is 26.9. The van der Waals surface area contributed by atoms with Gasteiger partial charge >= 0.3 is 6.18 Å². The molecule has 0 fully saturated rings. The Balaban J connectivity index is 1.75. The van der Waals surface area contributed by atoms with E-state index in [9.17, 15) is 22.8 Å². The predicted molar refractivity (Wildman–Crippen MR) is 131 cm³/mol. The molecule has 4 aromatic rings. The second-order valence-corrected chi connectivity index (χ2v) is 9.33. The van der Waals surface area contributed by atoms with E-state index < -0.39 is 23.8 Å². The smallest absolute Gasteiger partial charge is 0.355 e. The molecular formula is C21H16Br2F3N9O2. The molecule has 2 N–H and O–H groups in total. The molecule has 2 amide bonds. The van der Waals surface area contributed by atoms with Crippen molar-refractivity contribution in [1.82, 2.24) is 40.3 Å². The Hall–Kier alpha value is -3.66. The number of alkyl halides is 3. The summed E-state index contributed by atoms with van der Waals surface area (Å²) < 4.78 is 41.0. The van der Waals surface area contributed by atoms with Crippen LogP contribution in [0.3, 0.4) is 0 Å². The molecule has 0 unspecified atom stereocenters. The molecule has 192 valence electrons. The number of rotatable bonds is 6. The highest BCUT2D eigenvalue weighted by atomic mass is 79.9. The first kappa shape index (κ1) is 26.4. The average Bonchev–Trinajstić information content (AvgIpc) is 3.48. The minimum atomic E-state index is -4.76. The number of carbonyl (C=O) groups excluding carboxylic acids is 2. The van der Waals surface area contributed by atoms with Gasteiger partial charge in [-0.1, -0.05) is 15.9 Å². The molecule has 37 heavy (non-hydrogen) atoms. The second kappa shape index (κ2) is 10.4. The van der Waals surface area contributed by atoms with Crippen molar-refractivity contribution < 1.29 is 22.8 Å². The van der Waals surface area contributed by atoms with Gasteiger partial charge in [0.1, 0.15) is 12.2 Å². The molecule has 0 spiro atoms. The SMILES string of the molecule is CNC(=O)c1cc(Br)cc(C)c1NC(=O)c1cc(Cn2nnc(C(F)(F)F)n2)nn1-c1ncccc1Br. The summed E-state index contributed by atoms with van der Waals surface area (Å²) in [5.41, 5.74) is 1.26. The van der Waals surface area contributed by atoms with Gasteiger partial charge in [-0.15, -0.1) is 10.2 Å². The van der Waals surface area contributed by atoms with Crippen molar-refractivity contribution in [2.24, 2.45) is 0 Å². The maximum atomic E-state index is 13.5. The Labute approximate surface area is 223 Å². The van der Waals surface area contributed by atoms with Crippen molar-refractivity contribution in [1.29, 1.82) is 0 Å². The van der Waals surface area contributed by atoms with Crippen molar-refractivity contribution in [3.8, 4) is 5.82 Å². The van der Waals surface area contributed by atoms with E-state index >= 15 is 0 Å². The lowest BCUT2D eigenvalue weighted by Crippen LogP contribution is -2.23. The number of anilines is 1. The summed E-state index contributed by atoms with van der Waals surface area (Å²) in [5, 5.41) is 19.4. The molecule has 3 aromatic heterocycles. The normalized spacial score (nSPS) is 11.4. The summed E-state index contributed by atoms with van der Waals surface area (Å²) in [7, 11) is 1.46. The van der Waals surface area contributed by atoms with Crippen LogP contribution in [-0.4, -0.2) is 53.8 Å². The number of halogens is 5. The predicted octanol–water partition coefficient (Wildman–Crippen LogP) is 3.77. The number of nitrogens with one attached hydrogen (secondary N) is 2. The van der Waals surface area contributed by atoms with Gasteiger partial charge in [-0.3, -0.25) is 9.59 Å². The lowest BCUT2D eigenvalue weighted by Gasteiger charge is -2.14. The first-order valence-electron chi connectivity index (χ1n) is 10.4. The zero-order valence-corrected chi connectivity index (χ0v) is 22.2. The summed E-state index contributed by atoms with van der Waals surface area (Å²) in [6.07, 6.45) is -3.27. The molecule has 11 nitrogen and oxygen atoms in total. The van der Waals surface area contributed by atoms with Gasteiger partial charge in [-0.05, 0) is 64.0 Å². The number of tetrazole rings is 1. The Bertz CT molecular complexity index is 1500. The first-order valence-corrected chi connectivity index (χ1v) is 11.9. The van der Waals surface area contributed by atoms with E-state index in [2.05, 4.69) is 68.0 Å². The van der Waals surface area contributed by atoms with E-state index in [1.165, 1.54) is 24.0 Å². The Kier molecular flexibility index (Phi) is 7.40. The fourth-order valence-corrected chi connectivity index (χ4v) is 4.33.